The molecule has 0 aliphatic heterocycles. The van der Waals surface area contributed by atoms with Gasteiger partial charge in [0.25, 0.3) is 0 Å². The third-order valence-corrected chi connectivity index (χ3v) is 5.05. The Hall–Kier alpha value is -2.32. The van der Waals surface area contributed by atoms with Crippen LogP contribution in [-0.2, 0) is 24.8 Å². The second kappa shape index (κ2) is 7.28. The maximum absolute atomic E-state index is 5.56. The lowest BCUT2D eigenvalue weighted by Gasteiger charge is -2.23. The number of hydrogen-bond acceptors (Lipinski definition) is 8. The fraction of sp³-hybridized carbons (Fsp3) is 0.412. The number of benzene rings is 1. The summed E-state index contributed by atoms with van der Waals surface area (Å²) >= 11 is 1.51. The first-order valence-electron chi connectivity index (χ1n) is 8.02. The molecule has 132 valence electrons. The maximum Gasteiger partial charge on any atom is 0.227 e. The summed E-state index contributed by atoms with van der Waals surface area (Å²) in [7, 11) is 1.66. The highest BCUT2D eigenvalue weighted by molar-refractivity contribution is 7.11. The molecule has 8 heteroatoms. The van der Waals surface area contributed by atoms with Gasteiger partial charge in [0.2, 0.25) is 5.89 Å². The summed E-state index contributed by atoms with van der Waals surface area (Å²) in [5.41, 5.74) is 6.15. The van der Waals surface area contributed by atoms with Gasteiger partial charge in [-0.15, -0.1) is 21.5 Å². The fourth-order valence-electron chi connectivity index (χ4n) is 2.58. The van der Waals surface area contributed by atoms with Crippen molar-refractivity contribution in [2.45, 2.75) is 38.6 Å². The predicted molar refractivity (Wildman–Crippen MR) is 94.6 cm³/mol. The van der Waals surface area contributed by atoms with Gasteiger partial charge in [0.05, 0.1) is 12.5 Å². The van der Waals surface area contributed by atoms with Crippen LogP contribution < -0.4 is 10.5 Å². The molecule has 25 heavy (non-hydrogen) atoms. The lowest BCUT2D eigenvalue weighted by molar-refractivity contribution is 0.362. The van der Waals surface area contributed by atoms with E-state index in [0.29, 0.717) is 31.1 Å². The second-order valence-corrected chi connectivity index (χ2v) is 7.28. The van der Waals surface area contributed by atoms with E-state index in [4.69, 9.17) is 15.0 Å². The van der Waals surface area contributed by atoms with Gasteiger partial charge in [-0.2, -0.15) is 4.98 Å². The summed E-state index contributed by atoms with van der Waals surface area (Å²) in [4.78, 5) is 4.57. The molecule has 2 N–H and O–H groups in total. The summed E-state index contributed by atoms with van der Waals surface area (Å²) in [5.74, 6) is 2.02. The third-order valence-electron chi connectivity index (χ3n) is 4.04. The van der Waals surface area contributed by atoms with Crippen molar-refractivity contribution >= 4 is 11.3 Å². The molecule has 0 aliphatic rings. The highest BCUT2D eigenvalue weighted by atomic mass is 32.1. The molecule has 0 amide bonds. The minimum atomic E-state index is -0.427. The first-order valence-corrected chi connectivity index (χ1v) is 8.84. The Kier molecular flexibility index (Phi) is 5.10. The minimum Gasteiger partial charge on any atom is -0.496 e. The molecule has 0 atom stereocenters. The predicted octanol–water partition coefficient (Wildman–Crippen LogP) is 2.50. The molecule has 0 spiro atoms. The molecular weight excluding hydrogens is 338 g/mol. The van der Waals surface area contributed by atoms with Gasteiger partial charge >= 0.3 is 0 Å². The molecule has 3 rings (SSSR count). The quantitative estimate of drug-likeness (QED) is 0.692. The van der Waals surface area contributed by atoms with Crippen LogP contribution in [-0.4, -0.2) is 27.4 Å². The number of nitrogens with zero attached hydrogens (tertiary/aromatic N) is 4. The molecule has 2 heterocycles. The van der Waals surface area contributed by atoms with E-state index >= 15 is 0 Å². The van der Waals surface area contributed by atoms with Crippen LogP contribution in [0.15, 0.2) is 28.8 Å². The van der Waals surface area contributed by atoms with Crippen molar-refractivity contribution in [2.24, 2.45) is 5.73 Å². The smallest absolute Gasteiger partial charge is 0.227 e. The lowest BCUT2D eigenvalue weighted by atomic mass is 9.83. The number of methoxy groups -OCH3 is 1. The topological polar surface area (TPSA) is 100.0 Å². The van der Waals surface area contributed by atoms with Crippen molar-refractivity contribution in [1.29, 1.82) is 0 Å². The van der Waals surface area contributed by atoms with Gasteiger partial charge in [-0.1, -0.05) is 23.4 Å². The van der Waals surface area contributed by atoms with Gasteiger partial charge in [0.15, 0.2) is 5.82 Å². The molecule has 0 unspecified atom stereocenters. The van der Waals surface area contributed by atoms with E-state index in [1.54, 1.807) is 7.11 Å². The summed E-state index contributed by atoms with van der Waals surface area (Å²) in [5, 5.41) is 14.1. The molecule has 7 nitrogen and oxygen atoms in total. The van der Waals surface area contributed by atoms with Gasteiger partial charge in [-0.25, -0.2) is 0 Å². The van der Waals surface area contributed by atoms with Crippen molar-refractivity contribution in [3.05, 3.63) is 51.6 Å². The molecule has 3 aromatic rings. The number of hydrogen-bond donors (Lipinski definition) is 1. The maximum atomic E-state index is 5.56. The van der Waals surface area contributed by atoms with Gasteiger partial charge < -0.3 is 15.0 Å². The Morgan fingerprint density at radius 1 is 1.16 bits per heavy atom. The molecule has 1 aromatic carbocycles. The summed E-state index contributed by atoms with van der Waals surface area (Å²) in [6, 6.07) is 7.87. The zero-order chi connectivity index (χ0) is 17.9. The summed E-state index contributed by atoms with van der Waals surface area (Å²) in [6.45, 7) is 4.52. The summed E-state index contributed by atoms with van der Waals surface area (Å²) < 4.78 is 10.9. The van der Waals surface area contributed by atoms with Crippen LogP contribution in [0, 0.1) is 0 Å². The van der Waals surface area contributed by atoms with Gasteiger partial charge in [0.1, 0.15) is 15.8 Å². The number of nitrogens with two attached hydrogens (primary N) is 1. The normalized spacial score (nSPS) is 11.7. The van der Waals surface area contributed by atoms with E-state index in [2.05, 4.69) is 34.2 Å². The molecule has 0 radical (unpaired) electrons. The number of ether oxygens (including phenoxy) is 1. The number of para-hydroxylation sites is 1. The van der Waals surface area contributed by atoms with Crippen LogP contribution in [0.25, 0.3) is 0 Å². The van der Waals surface area contributed by atoms with Gasteiger partial charge in [0, 0.05) is 24.9 Å². The average Bonchev–Trinajstić information content (AvgIpc) is 3.29. The molecular formula is C17H21N5O2S. The largest absolute Gasteiger partial charge is 0.496 e. The van der Waals surface area contributed by atoms with E-state index in [9.17, 15) is 0 Å². The van der Waals surface area contributed by atoms with Gasteiger partial charge in [-0.3, -0.25) is 0 Å². The zero-order valence-electron chi connectivity index (χ0n) is 14.5. The van der Waals surface area contributed by atoms with Gasteiger partial charge in [-0.05, 0) is 19.9 Å². The Morgan fingerprint density at radius 3 is 2.64 bits per heavy atom. The van der Waals surface area contributed by atoms with Crippen LogP contribution in [0.4, 0.5) is 0 Å². The van der Waals surface area contributed by atoms with Crippen molar-refractivity contribution in [3.8, 4) is 5.75 Å². The van der Waals surface area contributed by atoms with Crippen molar-refractivity contribution in [3.63, 3.8) is 0 Å². The summed E-state index contributed by atoms with van der Waals surface area (Å²) in [6.07, 6.45) is 1.32. The highest BCUT2D eigenvalue weighted by Crippen LogP contribution is 2.35. The molecule has 0 saturated carbocycles. The number of rotatable bonds is 7. The van der Waals surface area contributed by atoms with E-state index < -0.39 is 5.41 Å². The SMILES string of the molecule is COc1ccccc1C(C)(C)c1noc(CCc2nnc(CN)s2)n1. The van der Waals surface area contributed by atoms with E-state index in [1.807, 2.05) is 24.3 Å². The molecule has 0 aliphatic carbocycles. The highest BCUT2D eigenvalue weighted by Gasteiger charge is 2.31. The Bertz CT molecular complexity index is 843. The Balaban J connectivity index is 1.75. The number of aromatic nitrogens is 4. The van der Waals surface area contributed by atoms with E-state index in [0.717, 1.165) is 21.3 Å². The van der Waals surface area contributed by atoms with Crippen LogP contribution >= 0.6 is 11.3 Å². The van der Waals surface area contributed by atoms with Crippen LogP contribution in [0.5, 0.6) is 5.75 Å². The zero-order valence-corrected chi connectivity index (χ0v) is 15.3. The fourth-order valence-corrected chi connectivity index (χ4v) is 3.30. The third kappa shape index (κ3) is 3.69. The van der Waals surface area contributed by atoms with E-state index in [1.165, 1.54) is 11.3 Å². The van der Waals surface area contributed by atoms with Crippen LogP contribution in [0.1, 0.15) is 41.1 Å². The number of aryl methyl sites for hydroxylation is 2. The monoisotopic (exact) mass is 359 g/mol. The standard InChI is InChI=1S/C17H21N5O2S/c1-17(2,11-6-4-5-7-12(11)23-3)16-19-13(24-22-16)8-9-14-20-21-15(10-18)25-14/h4-7H,8-10,18H2,1-3H3. The Labute approximate surface area is 150 Å². The molecule has 0 bridgehead atoms. The molecule has 0 saturated heterocycles. The molecule has 0 fully saturated rings. The second-order valence-electron chi connectivity index (χ2n) is 6.13. The minimum absolute atomic E-state index is 0.412. The Morgan fingerprint density at radius 2 is 1.92 bits per heavy atom. The van der Waals surface area contributed by atoms with Crippen molar-refractivity contribution in [2.75, 3.05) is 7.11 Å². The lowest BCUT2D eigenvalue weighted by Crippen LogP contribution is -2.21. The van der Waals surface area contributed by atoms with E-state index in [-0.39, 0.29) is 0 Å². The first-order chi connectivity index (χ1) is 12.0. The molecule has 2 aromatic heterocycles. The van der Waals surface area contributed by atoms with Crippen LogP contribution in [0.3, 0.4) is 0 Å². The average molecular weight is 359 g/mol. The van der Waals surface area contributed by atoms with Crippen molar-refractivity contribution in [1.82, 2.24) is 20.3 Å². The van der Waals surface area contributed by atoms with Crippen LogP contribution in [0.2, 0.25) is 0 Å². The first kappa shape index (κ1) is 17.5. The van der Waals surface area contributed by atoms with Crippen molar-refractivity contribution < 1.29 is 9.26 Å².